The van der Waals surface area contributed by atoms with Crippen LogP contribution >= 0.6 is 7.82 Å². The Bertz CT molecular complexity index is 109. The Morgan fingerprint density at radius 3 is 1.27 bits per heavy atom. The minimum atomic E-state index is -5.39. The Kier molecular flexibility index (Phi) is 18.9. The fourth-order valence-electron chi connectivity index (χ4n) is 0. The molecule has 6 heteroatoms. The highest BCUT2D eigenvalue weighted by Gasteiger charge is 1.56. The van der Waals surface area contributed by atoms with Gasteiger partial charge in [0, 0.05) is 0 Å². The van der Waals surface area contributed by atoms with E-state index in [9.17, 15) is 0 Å². The minimum Gasteiger partial charge on any atom is -0.822 e. The first-order chi connectivity index (χ1) is 4.91. The third kappa shape index (κ3) is 1540. The predicted molar refractivity (Wildman–Crippen MR) is 33.2 cm³/mol. The van der Waals surface area contributed by atoms with Gasteiger partial charge in [0.15, 0.2) is 0 Å². The maximum absolute atomic E-state index is 8.55. The fourth-order valence-corrected chi connectivity index (χ4v) is 0. The third-order valence-electron chi connectivity index (χ3n) is 0.500. The molecule has 0 aliphatic carbocycles. The van der Waals surface area contributed by atoms with E-state index >= 15 is 0 Å². The average Bonchev–Trinajstić information content (AvgIpc) is 1.89. The summed E-state index contributed by atoms with van der Waals surface area (Å²) >= 11 is 0. The Morgan fingerprint density at radius 1 is 1.18 bits per heavy atom. The van der Waals surface area contributed by atoms with Gasteiger partial charge in [0.25, 0.3) is 0 Å². The van der Waals surface area contributed by atoms with Gasteiger partial charge >= 0.3 is 0 Å². The smallest absolute Gasteiger partial charge is 0.0564 e. The molecule has 0 saturated heterocycles. The van der Waals surface area contributed by atoms with Crippen LogP contribution in [0.4, 0.5) is 0 Å². The third-order valence-corrected chi connectivity index (χ3v) is 0.500. The first-order valence-corrected chi connectivity index (χ1v) is 4.33. The summed E-state index contributed by atoms with van der Waals surface area (Å²) in [4.78, 5) is 25.6. The Hall–Kier alpha value is -0.400. The number of hydrogen-bond acceptors (Lipinski definition) is 5. The van der Waals surface area contributed by atoms with Crippen molar-refractivity contribution in [2.45, 2.75) is 26.7 Å². The molecule has 0 aliphatic heterocycles. The van der Waals surface area contributed by atoms with Crippen LogP contribution in [0.2, 0.25) is 0 Å². The first kappa shape index (κ1) is 16.9. The van der Waals surface area contributed by atoms with Crippen LogP contribution in [0.5, 0.6) is 0 Å². The van der Waals surface area contributed by atoms with Gasteiger partial charge in [-0.2, -0.15) is 7.82 Å². The molecule has 0 aromatic rings. The molecule has 0 atom stereocenters. The second-order valence-electron chi connectivity index (χ2n) is 1.45. The van der Waals surface area contributed by atoms with Crippen LogP contribution in [0.15, 0.2) is 0 Å². The van der Waals surface area contributed by atoms with Crippen molar-refractivity contribution >= 4 is 7.82 Å². The molecule has 0 heterocycles. The fraction of sp³-hybridized carbons (Fsp3) is 0.800. The Balaban J connectivity index is -0.0000000965. The van der Waals surface area contributed by atoms with Crippen LogP contribution in [0.1, 0.15) is 26.7 Å². The summed E-state index contributed by atoms with van der Waals surface area (Å²) < 4.78 is 8.55. The minimum absolute atomic E-state index is 1.32. The molecular formula is C5H10NO4P-4. The molecular weight excluding hydrogens is 169 g/mol. The lowest BCUT2D eigenvalue weighted by Crippen LogP contribution is -2.24. The van der Waals surface area contributed by atoms with E-state index in [1.807, 2.05) is 0 Å². The molecule has 11 heavy (non-hydrogen) atoms. The monoisotopic (exact) mass is 179 g/mol. The van der Waals surface area contributed by atoms with Crippen LogP contribution in [-0.4, -0.2) is 0 Å². The molecule has 0 radical (unpaired) electrons. The molecule has 68 valence electrons. The topological polar surface area (TPSA) is 110 Å². The quantitative estimate of drug-likeness (QED) is 0.381. The van der Waals surface area contributed by atoms with E-state index in [1.54, 1.807) is 0 Å². The molecule has 0 N–H and O–H groups in total. The van der Waals surface area contributed by atoms with Gasteiger partial charge in [-0.3, -0.25) is 0 Å². The highest BCUT2D eigenvalue weighted by atomic mass is 31.2. The Morgan fingerprint density at radius 2 is 1.27 bits per heavy atom. The predicted octanol–water partition coefficient (Wildman–Crippen LogP) is -0.922. The molecule has 0 fully saturated rings. The summed E-state index contributed by atoms with van der Waals surface area (Å²) in [5, 5.41) is 6.25. The molecule has 0 aromatic carbocycles. The van der Waals surface area contributed by atoms with Gasteiger partial charge in [-0.1, -0.05) is 26.7 Å². The number of hydrogen-bond donors (Lipinski definition) is 0. The van der Waals surface area contributed by atoms with E-state index in [0.717, 1.165) is 0 Å². The van der Waals surface area contributed by atoms with E-state index < -0.39 is 7.82 Å². The average molecular weight is 179 g/mol. The molecule has 0 aliphatic rings. The largest absolute Gasteiger partial charge is 0.822 e. The molecule has 0 spiro atoms. The van der Waals surface area contributed by atoms with Gasteiger partial charge in [-0.15, -0.1) is 0 Å². The summed E-state index contributed by atoms with van der Waals surface area (Å²) in [7, 11) is -5.39. The van der Waals surface area contributed by atoms with Crippen LogP contribution in [0, 0.1) is 11.8 Å². The summed E-state index contributed by atoms with van der Waals surface area (Å²) in [6.45, 7) is 9.11. The van der Waals surface area contributed by atoms with E-state index in [1.165, 1.54) is 12.8 Å². The number of rotatable bonds is 1. The molecule has 0 saturated carbocycles. The molecule has 0 bridgehead atoms. The molecule has 0 unspecified atom stereocenters. The number of phosphoric acid groups is 1. The lowest BCUT2D eigenvalue weighted by atomic mass is 10.4. The van der Waals surface area contributed by atoms with Gasteiger partial charge in [-0.25, -0.2) is 0 Å². The summed E-state index contributed by atoms with van der Waals surface area (Å²) in [6, 6.07) is 0. The molecule has 0 amide bonds. The zero-order chi connectivity index (χ0) is 9.91. The van der Waals surface area contributed by atoms with Gasteiger partial charge in [0.2, 0.25) is 0 Å². The van der Waals surface area contributed by atoms with Crippen molar-refractivity contribution in [1.82, 2.24) is 0 Å². The Labute approximate surface area is 66.5 Å². The number of unbranched alkanes of at least 4 members (excludes halogenated alkanes) is 1. The molecule has 0 aromatic heterocycles. The van der Waals surface area contributed by atoms with Gasteiger partial charge in [0.1, 0.15) is 0 Å². The van der Waals surface area contributed by atoms with E-state index in [2.05, 4.69) is 13.8 Å². The zero-order valence-corrected chi connectivity index (χ0v) is 7.34. The van der Waals surface area contributed by atoms with Crippen LogP contribution < -0.4 is 14.7 Å². The standard InChI is InChI=1S/C4H10.CN.H3O4P/c1-3-4-2;1-2;1-5(2,3)4/h3-4H2,1-2H3;;(H3,1,2,3,4)/q;-1;/p-3. The lowest BCUT2D eigenvalue weighted by molar-refractivity contribution is -0.432. The van der Waals surface area contributed by atoms with Gasteiger partial charge < -0.3 is 31.1 Å². The van der Waals surface area contributed by atoms with Gasteiger partial charge in [-0.05, 0) is 0 Å². The van der Waals surface area contributed by atoms with Crippen molar-refractivity contribution in [3.05, 3.63) is 6.57 Å². The van der Waals surface area contributed by atoms with Crippen molar-refractivity contribution in [1.29, 1.82) is 5.26 Å². The van der Waals surface area contributed by atoms with Crippen molar-refractivity contribution < 1.29 is 19.2 Å². The van der Waals surface area contributed by atoms with Crippen molar-refractivity contribution in [2.24, 2.45) is 0 Å². The van der Waals surface area contributed by atoms with E-state index in [0.29, 0.717) is 0 Å². The maximum Gasteiger partial charge on any atom is -0.0564 e. The first-order valence-electron chi connectivity index (χ1n) is 2.87. The molecule has 5 nitrogen and oxygen atoms in total. The number of nitrogens with zero attached hydrogens (tertiary/aromatic N) is 1. The molecule has 0 rings (SSSR count). The summed E-state index contributed by atoms with van der Waals surface area (Å²) in [5.74, 6) is 0. The summed E-state index contributed by atoms with van der Waals surface area (Å²) in [6.07, 6.45) is 2.64. The SMILES string of the molecule is CCCC.O=P([O-])([O-])[O-].[C-]#N. The summed E-state index contributed by atoms with van der Waals surface area (Å²) in [5.41, 5.74) is 0. The van der Waals surface area contributed by atoms with Crippen LogP contribution in [0.3, 0.4) is 0 Å². The van der Waals surface area contributed by atoms with E-state index in [-0.39, 0.29) is 0 Å². The highest BCUT2D eigenvalue weighted by molar-refractivity contribution is 7.40. The maximum atomic E-state index is 8.55. The highest BCUT2D eigenvalue weighted by Crippen LogP contribution is 2.03. The van der Waals surface area contributed by atoms with Crippen molar-refractivity contribution in [3.8, 4) is 0 Å². The van der Waals surface area contributed by atoms with Crippen LogP contribution in [0.25, 0.3) is 0 Å². The zero-order valence-electron chi connectivity index (χ0n) is 6.44. The van der Waals surface area contributed by atoms with Gasteiger partial charge in [0.05, 0.1) is 0 Å². The normalized spacial score (nSPS) is 8.27. The second-order valence-corrected chi connectivity index (χ2v) is 2.34. The van der Waals surface area contributed by atoms with Crippen LogP contribution in [-0.2, 0) is 4.57 Å². The lowest BCUT2D eigenvalue weighted by Gasteiger charge is -2.36. The van der Waals surface area contributed by atoms with E-state index in [4.69, 9.17) is 31.1 Å². The van der Waals surface area contributed by atoms with Crippen molar-refractivity contribution in [2.75, 3.05) is 0 Å². The second kappa shape index (κ2) is 12.3. The van der Waals surface area contributed by atoms with Crippen molar-refractivity contribution in [3.63, 3.8) is 0 Å².